The van der Waals surface area contributed by atoms with Crippen LogP contribution in [0.2, 0.25) is 5.02 Å². The van der Waals surface area contributed by atoms with Crippen LogP contribution in [0.25, 0.3) is 22.2 Å². The molecule has 0 aliphatic carbocycles. The Morgan fingerprint density at radius 3 is 2.65 bits per heavy atom. The second-order valence-corrected chi connectivity index (χ2v) is 6.03. The van der Waals surface area contributed by atoms with E-state index in [-0.39, 0.29) is 5.56 Å². The molecule has 1 aromatic carbocycles. The van der Waals surface area contributed by atoms with Crippen LogP contribution in [-0.4, -0.2) is 28.0 Å². The van der Waals surface area contributed by atoms with Gasteiger partial charge in [0, 0.05) is 35.4 Å². The molecule has 23 heavy (non-hydrogen) atoms. The van der Waals surface area contributed by atoms with E-state index in [9.17, 15) is 4.79 Å². The molecule has 3 aromatic rings. The van der Waals surface area contributed by atoms with E-state index in [1.807, 2.05) is 24.3 Å². The molecule has 6 heteroatoms. The van der Waals surface area contributed by atoms with Crippen molar-refractivity contribution in [2.45, 2.75) is 12.8 Å². The maximum absolute atomic E-state index is 12.7. The lowest BCUT2D eigenvalue weighted by Gasteiger charge is -2.16. The fraction of sp³-hybridized carbons (Fsp3) is 0.235. The molecule has 116 valence electrons. The van der Waals surface area contributed by atoms with Crippen LogP contribution in [0.3, 0.4) is 0 Å². The van der Waals surface area contributed by atoms with Crippen LogP contribution in [0.15, 0.2) is 41.3 Å². The fourth-order valence-electron chi connectivity index (χ4n) is 3.03. The van der Waals surface area contributed by atoms with E-state index in [0.29, 0.717) is 22.0 Å². The van der Waals surface area contributed by atoms with Crippen LogP contribution in [0.5, 0.6) is 0 Å². The van der Waals surface area contributed by atoms with Crippen LogP contribution in [0.1, 0.15) is 12.8 Å². The van der Waals surface area contributed by atoms with Gasteiger partial charge in [-0.15, -0.1) is 0 Å². The average Bonchev–Trinajstić information content (AvgIpc) is 3.09. The van der Waals surface area contributed by atoms with Crippen LogP contribution in [0, 0.1) is 0 Å². The minimum absolute atomic E-state index is 0.181. The Labute approximate surface area is 138 Å². The number of aromatic nitrogens is 3. The minimum atomic E-state index is -0.181. The number of pyridine rings is 1. The zero-order valence-corrected chi connectivity index (χ0v) is 13.2. The predicted octanol–water partition coefficient (Wildman–Crippen LogP) is 3.24. The highest BCUT2D eigenvalue weighted by atomic mass is 35.5. The van der Waals surface area contributed by atoms with E-state index in [2.05, 4.69) is 19.9 Å². The largest absolute Gasteiger partial charge is 0.342 e. The molecule has 0 bridgehead atoms. The Bertz CT molecular complexity index is 931. The van der Waals surface area contributed by atoms with E-state index in [1.54, 1.807) is 12.3 Å². The number of hydrogen-bond donors (Lipinski definition) is 1. The third-order valence-electron chi connectivity index (χ3n) is 4.16. The van der Waals surface area contributed by atoms with Gasteiger partial charge in [-0.1, -0.05) is 29.8 Å². The highest BCUT2D eigenvalue weighted by Crippen LogP contribution is 2.31. The summed E-state index contributed by atoms with van der Waals surface area (Å²) in [7, 11) is 0. The van der Waals surface area contributed by atoms with Crippen molar-refractivity contribution in [2.24, 2.45) is 0 Å². The minimum Gasteiger partial charge on any atom is -0.342 e. The number of hydrogen-bond acceptors (Lipinski definition) is 4. The van der Waals surface area contributed by atoms with Crippen LogP contribution < -0.4 is 10.5 Å². The van der Waals surface area contributed by atoms with Gasteiger partial charge in [-0.2, -0.15) is 4.98 Å². The molecule has 0 spiro atoms. The zero-order valence-electron chi connectivity index (χ0n) is 12.4. The summed E-state index contributed by atoms with van der Waals surface area (Å²) < 4.78 is 0. The number of halogens is 1. The van der Waals surface area contributed by atoms with E-state index in [4.69, 9.17) is 11.6 Å². The molecule has 3 heterocycles. The third-order valence-corrected chi connectivity index (χ3v) is 4.49. The van der Waals surface area contributed by atoms with E-state index >= 15 is 0 Å². The van der Waals surface area contributed by atoms with Gasteiger partial charge in [0.25, 0.3) is 5.56 Å². The quantitative estimate of drug-likeness (QED) is 0.785. The summed E-state index contributed by atoms with van der Waals surface area (Å²) in [5.41, 5.74) is 1.83. The lowest BCUT2D eigenvalue weighted by Crippen LogP contribution is -2.24. The van der Waals surface area contributed by atoms with Gasteiger partial charge in [0.2, 0.25) is 5.95 Å². The molecule has 1 N–H and O–H groups in total. The third kappa shape index (κ3) is 2.47. The number of benzene rings is 1. The highest BCUT2D eigenvalue weighted by molar-refractivity contribution is 6.33. The standard InChI is InChI=1S/C17H15ClN4O/c18-13-6-2-1-5-11(13)12-7-8-19-15-14(12)16(23)21-17(20-15)22-9-3-4-10-22/h1-2,5-8H,3-4,9-10H2,(H,19,20,21,23). The number of anilines is 1. The Kier molecular flexibility index (Phi) is 3.50. The first-order valence-electron chi connectivity index (χ1n) is 7.63. The normalized spacial score (nSPS) is 14.6. The summed E-state index contributed by atoms with van der Waals surface area (Å²) in [5.74, 6) is 0.601. The van der Waals surface area contributed by atoms with Gasteiger partial charge in [0.15, 0.2) is 5.65 Å². The molecule has 1 aliphatic heterocycles. The van der Waals surface area contributed by atoms with Crippen molar-refractivity contribution in [2.75, 3.05) is 18.0 Å². The summed E-state index contributed by atoms with van der Waals surface area (Å²) in [5, 5.41) is 1.08. The maximum Gasteiger partial charge on any atom is 0.262 e. The van der Waals surface area contributed by atoms with Crippen molar-refractivity contribution < 1.29 is 0 Å². The maximum atomic E-state index is 12.7. The molecule has 1 saturated heterocycles. The topological polar surface area (TPSA) is 61.9 Å². The summed E-state index contributed by atoms with van der Waals surface area (Å²) in [6.07, 6.45) is 3.91. The van der Waals surface area contributed by atoms with Crippen LogP contribution in [0.4, 0.5) is 5.95 Å². The van der Waals surface area contributed by atoms with Crippen molar-refractivity contribution >= 4 is 28.6 Å². The smallest absolute Gasteiger partial charge is 0.262 e. The van der Waals surface area contributed by atoms with E-state index < -0.39 is 0 Å². The highest BCUT2D eigenvalue weighted by Gasteiger charge is 2.18. The lowest BCUT2D eigenvalue weighted by molar-refractivity contribution is 0.897. The predicted molar refractivity (Wildman–Crippen MR) is 92.1 cm³/mol. The van der Waals surface area contributed by atoms with Crippen LogP contribution >= 0.6 is 11.6 Å². The van der Waals surface area contributed by atoms with Gasteiger partial charge < -0.3 is 4.90 Å². The van der Waals surface area contributed by atoms with Crippen molar-refractivity contribution in [3.8, 4) is 11.1 Å². The summed E-state index contributed by atoms with van der Waals surface area (Å²) >= 11 is 6.29. The van der Waals surface area contributed by atoms with Gasteiger partial charge in [-0.25, -0.2) is 4.98 Å². The van der Waals surface area contributed by atoms with Crippen molar-refractivity contribution in [3.05, 3.63) is 51.9 Å². The summed E-state index contributed by atoms with van der Waals surface area (Å²) in [6.45, 7) is 1.83. The Morgan fingerprint density at radius 1 is 1.09 bits per heavy atom. The first-order valence-corrected chi connectivity index (χ1v) is 8.01. The molecule has 0 amide bonds. The van der Waals surface area contributed by atoms with E-state index in [0.717, 1.165) is 37.1 Å². The van der Waals surface area contributed by atoms with Gasteiger partial charge in [-0.05, 0) is 25.0 Å². The molecule has 0 atom stereocenters. The van der Waals surface area contributed by atoms with Gasteiger partial charge in [0.1, 0.15) is 0 Å². The first-order chi connectivity index (χ1) is 11.2. The molecule has 0 saturated carbocycles. The molecule has 4 rings (SSSR count). The fourth-order valence-corrected chi connectivity index (χ4v) is 3.27. The van der Waals surface area contributed by atoms with Gasteiger partial charge >= 0.3 is 0 Å². The van der Waals surface area contributed by atoms with Crippen molar-refractivity contribution in [3.63, 3.8) is 0 Å². The molecule has 0 unspecified atom stereocenters. The molecule has 0 radical (unpaired) electrons. The second kappa shape index (κ2) is 5.66. The molecular formula is C17H15ClN4O. The first kappa shape index (κ1) is 14.2. The molecule has 5 nitrogen and oxygen atoms in total. The SMILES string of the molecule is O=c1[nH]c(N2CCCC2)nc2nccc(-c3ccccc3Cl)c12. The Morgan fingerprint density at radius 2 is 1.87 bits per heavy atom. The Balaban J connectivity index is 1.94. The van der Waals surface area contributed by atoms with E-state index in [1.165, 1.54) is 0 Å². The monoisotopic (exact) mass is 326 g/mol. The number of H-pyrrole nitrogens is 1. The molecule has 2 aromatic heterocycles. The average molecular weight is 327 g/mol. The van der Waals surface area contributed by atoms with Gasteiger partial charge in [-0.3, -0.25) is 9.78 Å². The summed E-state index contributed by atoms with van der Waals surface area (Å²) in [4.78, 5) is 26.5. The van der Waals surface area contributed by atoms with Gasteiger partial charge in [0.05, 0.1) is 5.39 Å². The zero-order chi connectivity index (χ0) is 15.8. The van der Waals surface area contributed by atoms with Crippen LogP contribution in [-0.2, 0) is 0 Å². The van der Waals surface area contributed by atoms with Crippen molar-refractivity contribution in [1.82, 2.24) is 15.0 Å². The number of aromatic amines is 1. The molecule has 1 fully saturated rings. The number of rotatable bonds is 2. The second-order valence-electron chi connectivity index (χ2n) is 5.62. The molecular weight excluding hydrogens is 312 g/mol. The lowest BCUT2D eigenvalue weighted by atomic mass is 10.0. The number of nitrogens with one attached hydrogen (secondary N) is 1. The summed E-state index contributed by atoms with van der Waals surface area (Å²) in [6, 6.07) is 9.27. The molecule has 1 aliphatic rings. The Hall–Kier alpha value is -2.40. The number of nitrogens with zero attached hydrogens (tertiary/aromatic N) is 3. The van der Waals surface area contributed by atoms with Crippen molar-refractivity contribution in [1.29, 1.82) is 0 Å². The number of fused-ring (bicyclic) bond motifs is 1.